The third-order valence-electron chi connectivity index (χ3n) is 5.67. The maximum absolute atomic E-state index is 12.3. The molecule has 2 fully saturated rings. The van der Waals surface area contributed by atoms with Crippen molar-refractivity contribution in [3.05, 3.63) is 29.8 Å². The predicted molar refractivity (Wildman–Crippen MR) is 139 cm³/mol. The van der Waals surface area contributed by atoms with Crippen molar-refractivity contribution in [3.8, 4) is 0 Å². The molecule has 32 heavy (non-hydrogen) atoms. The Bertz CT molecular complexity index is 794. The lowest BCUT2D eigenvalue weighted by Gasteiger charge is -2.20. The average molecular weight is 556 g/mol. The smallest absolute Gasteiger partial charge is 0.321 e. The Kier molecular flexibility index (Phi) is 10.5. The minimum absolute atomic E-state index is 0. The third kappa shape index (κ3) is 7.53. The van der Waals surface area contributed by atoms with E-state index in [0.717, 1.165) is 62.7 Å². The van der Waals surface area contributed by atoms with Crippen molar-refractivity contribution < 1.29 is 9.59 Å². The largest absolute Gasteiger partial charge is 0.357 e. The fourth-order valence-electron chi connectivity index (χ4n) is 4.00. The van der Waals surface area contributed by atoms with Crippen molar-refractivity contribution >= 4 is 47.6 Å². The second kappa shape index (κ2) is 12.9. The second-order valence-electron chi connectivity index (χ2n) is 8.59. The number of aliphatic imine (C=N–C) groups is 1. The molecule has 3 amide bonds. The first-order valence-electron chi connectivity index (χ1n) is 11.4. The number of carbonyl (C=O) groups excluding carboxylic acids is 2. The van der Waals surface area contributed by atoms with E-state index in [4.69, 9.17) is 4.99 Å². The zero-order valence-corrected chi connectivity index (χ0v) is 21.7. The van der Waals surface area contributed by atoms with Crippen LogP contribution in [0, 0.1) is 5.92 Å². The van der Waals surface area contributed by atoms with Gasteiger partial charge in [-0.1, -0.05) is 26.0 Å². The van der Waals surface area contributed by atoms with Gasteiger partial charge in [0.05, 0.1) is 6.54 Å². The van der Waals surface area contributed by atoms with Crippen LogP contribution in [-0.2, 0) is 11.3 Å². The summed E-state index contributed by atoms with van der Waals surface area (Å²) in [6.45, 7) is 10.3. The van der Waals surface area contributed by atoms with Crippen LogP contribution in [0.2, 0.25) is 0 Å². The van der Waals surface area contributed by atoms with Crippen molar-refractivity contribution in [2.75, 3.05) is 38.0 Å². The number of hydrogen-bond donors (Lipinski definition) is 3. The van der Waals surface area contributed by atoms with E-state index in [0.29, 0.717) is 13.1 Å². The van der Waals surface area contributed by atoms with Crippen molar-refractivity contribution in [3.63, 3.8) is 0 Å². The van der Waals surface area contributed by atoms with Gasteiger partial charge in [0.25, 0.3) is 0 Å². The summed E-state index contributed by atoms with van der Waals surface area (Å²) in [6, 6.07) is 8.00. The topological polar surface area (TPSA) is 89.1 Å². The Morgan fingerprint density at radius 3 is 2.59 bits per heavy atom. The summed E-state index contributed by atoms with van der Waals surface area (Å²) in [4.78, 5) is 33.1. The number of benzene rings is 1. The minimum atomic E-state index is -0.0325. The molecule has 9 heteroatoms. The van der Waals surface area contributed by atoms with Crippen LogP contribution in [-0.4, -0.2) is 66.5 Å². The summed E-state index contributed by atoms with van der Waals surface area (Å²) in [7, 11) is 0. The number of nitrogens with zero attached hydrogens (tertiary/aromatic N) is 3. The van der Waals surface area contributed by atoms with E-state index >= 15 is 0 Å². The van der Waals surface area contributed by atoms with E-state index < -0.39 is 0 Å². The lowest BCUT2D eigenvalue weighted by molar-refractivity contribution is -0.133. The normalized spacial score (nSPS) is 18.5. The molecule has 3 rings (SSSR count). The van der Waals surface area contributed by atoms with Crippen molar-refractivity contribution in [1.29, 1.82) is 0 Å². The van der Waals surface area contributed by atoms with Gasteiger partial charge in [-0.3, -0.25) is 4.79 Å². The maximum Gasteiger partial charge on any atom is 0.321 e. The van der Waals surface area contributed by atoms with E-state index in [1.165, 1.54) is 0 Å². The summed E-state index contributed by atoms with van der Waals surface area (Å²) in [6.07, 6.45) is 3.07. The van der Waals surface area contributed by atoms with Crippen LogP contribution in [0.5, 0.6) is 0 Å². The maximum atomic E-state index is 12.3. The quantitative estimate of drug-likeness (QED) is 0.285. The molecule has 2 heterocycles. The number of anilines is 1. The number of rotatable bonds is 6. The van der Waals surface area contributed by atoms with Crippen molar-refractivity contribution in [2.24, 2.45) is 10.9 Å². The highest BCUT2D eigenvalue weighted by molar-refractivity contribution is 14.0. The zero-order chi connectivity index (χ0) is 22.2. The molecular formula is C23H37IN6O2. The van der Waals surface area contributed by atoms with Crippen LogP contribution in [0.4, 0.5) is 10.5 Å². The average Bonchev–Trinajstić information content (AvgIpc) is 3.44. The Morgan fingerprint density at radius 2 is 1.91 bits per heavy atom. The van der Waals surface area contributed by atoms with E-state index in [2.05, 4.69) is 16.0 Å². The molecule has 1 aromatic rings. The molecule has 1 unspecified atom stereocenters. The number of amides is 3. The van der Waals surface area contributed by atoms with Gasteiger partial charge in [0.2, 0.25) is 5.91 Å². The zero-order valence-electron chi connectivity index (χ0n) is 19.4. The van der Waals surface area contributed by atoms with E-state index in [1.54, 1.807) is 0 Å². The number of guanidine groups is 1. The van der Waals surface area contributed by atoms with E-state index in [9.17, 15) is 9.59 Å². The molecule has 8 nitrogen and oxygen atoms in total. The van der Waals surface area contributed by atoms with E-state index in [-0.39, 0.29) is 47.9 Å². The third-order valence-corrected chi connectivity index (χ3v) is 5.67. The van der Waals surface area contributed by atoms with Gasteiger partial charge in [-0.25, -0.2) is 9.79 Å². The number of carbonyl (C=O) groups is 2. The Balaban J connectivity index is 0.00000363. The highest BCUT2D eigenvalue weighted by Crippen LogP contribution is 2.15. The number of urea groups is 1. The summed E-state index contributed by atoms with van der Waals surface area (Å²) < 4.78 is 0. The number of nitrogens with one attached hydrogen (secondary N) is 3. The first-order valence-corrected chi connectivity index (χ1v) is 11.4. The highest BCUT2D eigenvalue weighted by atomic mass is 127. The minimum Gasteiger partial charge on any atom is -0.357 e. The molecular weight excluding hydrogens is 519 g/mol. The predicted octanol–water partition coefficient (Wildman–Crippen LogP) is 3.24. The molecule has 0 radical (unpaired) electrons. The molecule has 178 valence electrons. The molecule has 2 aliphatic rings. The van der Waals surface area contributed by atoms with Crippen LogP contribution in [0.25, 0.3) is 0 Å². The molecule has 3 N–H and O–H groups in total. The van der Waals surface area contributed by atoms with Gasteiger partial charge in [-0.15, -0.1) is 24.0 Å². The van der Waals surface area contributed by atoms with Crippen LogP contribution in [0.15, 0.2) is 29.3 Å². The molecule has 0 spiro atoms. The first kappa shape index (κ1) is 26.2. The summed E-state index contributed by atoms with van der Waals surface area (Å²) in [5.74, 6) is 0.982. The molecule has 0 aliphatic carbocycles. The van der Waals surface area contributed by atoms with Crippen LogP contribution in [0.1, 0.15) is 45.6 Å². The molecule has 2 saturated heterocycles. The number of halogens is 1. The number of hydrogen-bond acceptors (Lipinski definition) is 3. The number of likely N-dealkylation sites (tertiary alicyclic amines) is 2. The molecule has 0 saturated carbocycles. The molecule has 1 atom stereocenters. The summed E-state index contributed by atoms with van der Waals surface area (Å²) >= 11 is 0. The van der Waals surface area contributed by atoms with Gasteiger partial charge in [-0.05, 0) is 43.9 Å². The molecule has 2 aliphatic heterocycles. The molecule has 0 aromatic heterocycles. The first-order chi connectivity index (χ1) is 15.0. The Morgan fingerprint density at radius 1 is 1.16 bits per heavy atom. The molecule has 0 bridgehead atoms. The Labute approximate surface area is 208 Å². The van der Waals surface area contributed by atoms with Gasteiger partial charge in [0.1, 0.15) is 0 Å². The lowest BCUT2D eigenvalue weighted by atomic mass is 10.2. The van der Waals surface area contributed by atoms with Crippen LogP contribution in [0.3, 0.4) is 0 Å². The highest BCUT2D eigenvalue weighted by Gasteiger charge is 2.28. The van der Waals surface area contributed by atoms with Crippen molar-refractivity contribution in [1.82, 2.24) is 20.4 Å². The SMILES string of the molecule is CCNC(=NCc1cccc(NC(=O)N2CCCC2)c1)NC1CCN(C(=O)C(C)C)C1.I. The molecule has 1 aromatic carbocycles. The second-order valence-corrected chi connectivity index (χ2v) is 8.59. The summed E-state index contributed by atoms with van der Waals surface area (Å²) in [5.41, 5.74) is 1.82. The van der Waals surface area contributed by atoms with Crippen LogP contribution >= 0.6 is 24.0 Å². The standard InChI is InChI=1S/C23H36N6O2.HI/c1-4-24-22(26-20-10-13-29(16-20)21(30)17(2)3)25-15-18-8-7-9-19(14-18)27-23(31)28-11-5-6-12-28;/h7-9,14,17,20H,4-6,10-13,15-16H2,1-3H3,(H,27,31)(H2,24,25,26);1H. The van der Waals surface area contributed by atoms with Crippen molar-refractivity contribution in [2.45, 2.75) is 52.6 Å². The van der Waals surface area contributed by atoms with E-state index in [1.807, 2.05) is 54.8 Å². The van der Waals surface area contributed by atoms with Gasteiger partial charge < -0.3 is 25.8 Å². The van der Waals surface area contributed by atoms with Gasteiger partial charge in [-0.2, -0.15) is 0 Å². The lowest BCUT2D eigenvalue weighted by Crippen LogP contribution is -2.45. The summed E-state index contributed by atoms with van der Waals surface area (Å²) in [5, 5.41) is 9.74. The van der Waals surface area contributed by atoms with Crippen LogP contribution < -0.4 is 16.0 Å². The monoisotopic (exact) mass is 556 g/mol. The fraction of sp³-hybridized carbons (Fsp3) is 0.609. The fourth-order valence-corrected chi connectivity index (χ4v) is 4.00. The van der Waals surface area contributed by atoms with Gasteiger partial charge in [0, 0.05) is 50.4 Å². The van der Waals surface area contributed by atoms with Gasteiger partial charge >= 0.3 is 6.03 Å². The van der Waals surface area contributed by atoms with Gasteiger partial charge in [0.15, 0.2) is 5.96 Å². The Hall–Kier alpha value is -2.04.